The van der Waals surface area contributed by atoms with Crippen LogP contribution in [0.15, 0.2) is 18.2 Å². The number of alkyl halides is 1. The molecule has 0 N–H and O–H groups in total. The van der Waals surface area contributed by atoms with Crippen molar-refractivity contribution in [1.82, 2.24) is 9.55 Å². The van der Waals surface area contributed by atoms with Crippen molar-refractivity contribution in [2.75, 3.05) is 13.2 Å². The standard InChI is InChI=1S/C13H16ClIN2O/c1-2-18-7-3-6-17-12-5-4-10(15)8-11(12)16-13(17)9-14/h4-5,8H,2-3,6-7,9H2,1H3. The maximum Gasteiger partial charge on any atom is 0.124 e. The lowest BCUT2D eigenvalue weighted by Crippen LogP contribution is -2.05. The van der Waals surface area contributed by atoms with Crippen molar-refractivity contribution < 1.29 is 4.74 Å². The van der Waals surface area contributed by atoms with Crippen LogP contribution >= 0.6 is 34.2 Å². The van der Waals surface area contributed by atoms with Crippen molar-refractivity contribution in [3.8, 4) is 0 Å². The highest BCUT2D eigenvalue weighted by molar-refractivity contribution is 14.1. The quantitative estimate of drug-likeness (QED) is 0.434. The zero-order valence-electron chi connectivity index (χ0n) is 10.3. The molecule has 98 valence electrons. The number of nitrogens with zero attached hydrogens (tertiary/aromatic N) is 2. The van der Waals surface area contributed by atoms with E-state index in [4.69, 9.17) is 16.3 Å². The summed E-state index contributed by atoms with van der Waals surface area (Å²) in [6, 6.07) is 6.30. The number of hydrogen-bond acceptors (Lipinski definition) is 2. The summed E-state index contributed by atoms with van der Waals surface area (Å²) < 4.78 is 8.76. The average molecular weight is 379 g/mol. The van der Waals surface area contributed by atoms with Crippen molar-refractivity contribution in [3.05, 3.63) is 27.6 Å². The van der Waals surface area contributed by atoms with Crippen LogP contribution in [-0.4, -0.2) is 22.8 Å². The molecule has 0 atom stereocenters. The van der Waals surface area contributed by atoms with Crippen LogP contribution in [0.25, 0.3) is 11.0 Å². The summed E-state index contributed by atoms with van der Waals surface area (Å²) in [5.41, 5.74) is 2.18. The van der Waals surface area contributed by atoms with E-state index in [2.05, 4.69) is 50.3 Å². The smallest absolute Gasteiger partial charge is 0.124 e. The first-order valence-corrected chi connectivity index (χ1v) is 7.66. The maximum atomic E-state index is 5.97. The van der Waals surface area contributed by atoms with E-state index in [0.29, 0.717) is 5.88 Å². The molecule has 0 aliphatic rings. The molecule has 0 saturated carbocycles. The summed E-state index contributed by atoms with van der Waals surface area (Å²) in [6.45, 7) is 4.46. The van der Waals surface area contributed by atoms with Crippen LogP contribution < -0.4 is 0 Å². The molecule has 5 heteroatoms. The Morgan fingerprint density at radius 2 is 2.28 bits per heavy atom. The number of halogens is 2. The van der Waals surface area contributed by atoms with Gasteiger partial charge in [0, 0.05) is 23.3 Å². The lowest BCUT2D eigenvalue weighted by Gasteiger charge is -2.07. The van der Waals surface area contributed by atoms with Crippen molar-refractivity contribution in [1.29, 1.82) is 0 Å². The van der Waals surface area contributed by atoms with Crippen LogP contribution in [0.3, 0.4) is 0 Å². The second-order valence-electron chi connectivity index (χ2n) is 4.00. The van der Waals surface area contributed by atoms with Gasteiger partial charge in [0.05, 0.1) is 16.9 Å². The van der Waals surface area contributed by atoms with E-state index in [1.54, 1.807) is 0 Å². The Kier molecular flexibility index (Phi) is 5.26. The van der Waals surface area contributed by atoms with Gasteiger partial charge in [-0.1, -0.05) is 0 Å². The molecule has 1 heterocycles. The summed E-state index contributed by atoms with van der Waals surface area (Å²) in [6.07, 6.45) is 0.981. The van der Waals surface area contributed by atoms with Gasteiger partial charge in [-0.2, -0.15) is 0 Å². The van der Waals surface area contributed by atoms with Gasteiger partial charge in [0.2, 0.25) is 0 Å². The Morgan fingerprint density at radius 3 is 3.00 bits per heavy atom. The van der Waals surface area contributed by atoms with E-state index in [1.165, 1.54) is 3.57 Å². The number of ether oxygens (including phenoxy) is 1. The molecule has 2 aromatic rings. The Balaban J connectivity index is 2.23. The van der Waals surface area contributed by atoms with E-state index in [9.17, 15) is 0 Å². The molecule has 0 aliphatic carbocycles. The van der Waals surface area contributed by atoms with Gasteiger partial charge in [-0.05, 0) is 54.1 Å². The second-order valence-corrected chi connectivity index (χ2v) is 5.51. The number of imidazole rings is 1. The van der Waals surface area contributed by atoms with Crippen LogP contribution in [-0.2, 0) is 17.2 Å². The van der Waals surface area contributed by atoms with Gasteiger partial charge in [-0.25, -0.2) is 4.98 Å². The molecular formula is C13H16ClIN2O. The molecule has 0 spiro atoms. The molecule has 0 radical (unpaired) electrons. The van der Waals surface area contributed by atoms with Crippen molar-refractivity contribution in [2.24, 2.45) is 0 Å². The third kappa shape index (κ3) is 3.16. The Morgan fingerprint density at radius 1 is 1.44 bits per heavy atom. The number of fused-ring (bicyclic) bond motifs is 1. The Hall–Kier alpha value is -0.330. The maximum absolute atomic E-state index is 5.97. The largest absolute Gasteiger partial charge is 0.382 e. The first-order valence-electron chi connectivity index (χ1n) is 6.04. The number of aryl methyl sites for hydroxylation is 1. The van der Waals surface area contributed by atoms with Gasteiger partial charge in [0.25, 0.3) is 0 Å². The van der Waals surface area contributed by atoms with Crippen LogP contribution in [0.5, 0.6) is 0 Å². The molecule has 0 saturated heterocycles. The predicted molar refractivity (Wildman–Crippen MR) is 83.1 cm³/mol. The monoisotopic (exact) mass is 378 g/mol. The SMILES string of the molecule is CCOCCCn1c(CCl)nc2cc(I)ccc21. The van der Waals surface area contributed by atoms with Gasteiger partial charge >= 0.3 is 0 Å². The molecule has 1 aromatic heterocycles. The van der Waals surface area contributed by atoms with Crippen LogP contribution in [0.1, 0.15) is 19.2 Å². The molecule has 2 rings (SSSR count). The highest BCUT2D eigenvalue weighted by Crippen LogP contribution is 2.20. The summed E-state index contributed by atoms with van der Waals surface area (Å²) >= 11 is 8.27. The normalized spacial score (nSPS) is 11.3. The first kappa shape index (κ1) is 14.1. The summed E-state index contributed by atoms with van der Waals surface area (Å²) in [4.78, 5) is 4.58. The zero-order chi connectivity index (χ0) is 13.0. The molecule has 0 aliphatic heterocycles. The van der Waals surface area contributed by atoms with E-state index in [1.807, 2.05) is 6.92 Å². The van der Waals surface area contributed by atoms with E-state index in [-0.39, 0.29) is 0 Å². The van der Waals surface area contributed by atoms with Crippen molar-refractivity contribution in [3.63, 3.8) is 0 Å². The lowest BCUT2D eigenvalue weighted by atomic mass is 10.3. The fourth-order valence-corrected chi connectivity index (χ4v) is 2.65. The highest BCUT2D eigenvalue weighted by Gasteiger charge is 2.09. The fraction of sp³-hybridized carbons (Fsp3) is 0.462. The summed E-state index contributed by atoms with van der Waals surface area (Å²) in [5.74, 6) is 1.38. The molecule has 0 unspecified atom stereocenters. The van der Waals surface area contributed by atoms with Gasteiger partial charge in [-0.15, -0.1) is 11.6 Å². The molecule has 3 nitrogen and oxygen atoms in total. The topological polar surface area (TPSA) is 27.1 Å². The Bertz CT molecular complexity index is 527. The lowest BCUT2D eigenvalue weighted by molar-refractivity contribution is 0.142. The molecule has 0 bridgehead atoms. The van der Waals surface area contributed by atoms with E-state index >= 15 is 0 Å². The summed E-state index contributed by atoms with van der Waals surface area (Å²) in [5, 5.41) is 0. The number of benzene rings is 1. The van der Waals surface area contributed by atoms with E-state index in [0.717, 1.165) is 43.0 Å². The van der Waals surface area contributed by atoms with E-state index < -0.39 is 0 Å². The minimum atomic E-state index is 0.444. The average Bonchev–Trinajstić information content (AvgIpc) is 2.71. The first-order chi connectivity index (χ1) is 8.76. The Labute approximate surface area is 126 Å². The molecule has 1 aromatic carbocycles. The second kappa shape index (κ2) is 6.73. The third-order valence-corrected chi connectivity index (χ3v) is 3.69. The fourth-order valence-electron chi connectivity index (χ4n) is 1.97. The number of aromatic nitrogens is 2. The van der Waals surface area contributed by atoms with Crippen LogP contribution in [0.2, 0.25) is 0 Å². The van der Waals surface area contributed by atoms with Gasteiger partial charge in [0.15, 0.2) is 0 Å². The minimum absolute atomic E-state index is 0.444. The van der Waals surface area contributed by atoms with Crippen LogP contribution in [0, 0.1) is 3.57 Å². The highest BCUT2D eigenvalue weighted by atomic mass is 127. The van der Waals surface area contributed by atoms with Gasteiger partial charge in [0.1, 0.15) is 5.82 Å². The molecular weight excluding hydrogens is 363 g/mol. The molecule has 0 amide bonds. The van der Waals surface area contributed by atoms with Gasteiger partial charge in [-0.3, -0.25) is 0 Å². The van der Waals surface area contributed by atoms with Crippen LogP contribution in [0.4, 0.5) is 0 Å². The van der Waals surface area contributed by atoms with Crippen molar-refractivity contribution in [2.45, 2.75) is 25.8 Å². The third-order valence-electron chi connectivity index (χ3n) is 2.78. The van der Waals surface area contributed by atoms with Gasteiger partial charge < -0.3 is 9.30 Å². The predicted octanol–water partition coefficient (Wildman–Crippen LogP) is 3.81. The summed E-state index contributed by atoms with van der Waals surface area (Å²) in [7, 11) is 0. The number of hydrogen-bond donors (Lipinski definition) is 0. The minimum Gasteiger partial charge on any atom is -0.382 e. The van der Waals surface area contributed by atoms with Crippen molar-refractivity contribution >= 4 is 45.2 Å². The molecule has 18 heavy (non-hydrogen) atoms. The molecule has 0 fully saturated rings. The zero-order valence-corrected chi connectivity index (χ0v) is 13.2. The number of rotatable bonds is 6.